The molecule has 164 valence electrons. The number of nitrogens with one attached hydrogen (secondary N) is 1. The third-order valence-corrected chi connectivity index (χ3v) is 6.14. The van der Waals surface area contributed by atoms with Crippen molar-refractivity contribution in [2.45, 2.75) is 19.1 Å². The van der Waals surface area contributed by atoms with E-state index in [-0.39, 0.29) is 5.75 Å². The number of rotatable bonds is 6. The molecule has 4 rings (SSSR count). The molecule has 11 heteroatoms. The summed E-state index contributed by atoms with van der Waals surface area (Å²) in [6.45, 7) is 1.57. The van der Waals surface area contributed by atoms with Gasteiger partial charge in [0, 0.05) is 18.0 Å². The van der Waals surface area contributed by atoms with Crippen LogP contribution in [0.3, 0.4) is 0 Å². The normalized spacial score (nSPS) is 21.9. The van der Waals surface area contributed by atoms with E-state index in [9.17, 15) is 18.4 Å². The molecule has 1 N–H and O–H groups in total. The van der Waals surface area contributed by atoms with E-state index in [0.29, 0.717) is 18.8 Å². The number of anilines is 1. The predicted octanol–water partition coefficient (Wildman–Crippen LogP) is 2.99. The largest absolute Gasteiger partial charge is 0.435 e. The lowest BCUT2D eigenvalue weighted by atomic mass is 9.92. The van der Waals surface area contributed by atoms with Crippen LogP contribution in [0.1, 0.15) is 17.4 Å². The number of carbonyl (C=O) groups excluding carboxylic acids is 2. The van der Waals surface area contributed by atoms with E-state index < -0.39 is 24.1 Å². The first kappa shape index (κ1) is 21.2. The number of urea groups is 1. The summed E-state index contributed by atoms with van der Waals surface area (Å²) in [5.74, 6) is -0.607. The predicted molar refractivity (Wildman–Crippen MR) is 111 cm³/mol. The molecule has 0 aliphatic carbocycles. The van der Waals surface area contributed by atoms with Crippen molar-refractivity contribution in [2.75, 3.05) is 31.2 Å². The van der Waals surface area contributed by atoms with E-state index in [1.54, 1.807) is 0 Å². The maximum Gasteiger partial charge on any atom is 0.387 e. The Morgan fingerprint density at radius 1 is 1.19 bits per heavy atom. The summed E-state index contributed by atoms with van der Waals surface area (Å²) in [6, 6.07) is 8.72. The monoisotopic (exact) mass is 450 g/mol. The van der Waals surface area contributed by atoms with Crippen LogP contribution in [-0.2, 0) is 15.1 Å². The molecule has 1 aromatic carbocycles. The molecular weight excluding hydrogens is 430 g/mol. The van der Waals surface area contributed by atoms with E-state index in [0.717, 1.165) is 28.0 Å². The number of halogens is 2. The standard InChI is InChI=1S/C20H20F2N4O4S/c1-20(13-2-4-14(5-3-13)30-18(21)22)17(27)26(19(28)24-20)23-12-15-6-7-16(31-15)25-8-10-29-11-9-25/h2-7,12,18H,8-11H2,1H3,(H,24,28)/b23-12-/t20-/m1/s1. The Kier molecular flexibility index (Phi) is 5.88. The molecule has 2 aromatic rings. The average molecular weight is 450 g/mol. The van der Waals surface area contributed by atoms with E-state index in [1.165, 1.54) is 48.7 Å². The number of hydrogen-bond acceptors (Lipinski definition) is 7. The van der Waals surface area contributed by atoms with Crippen LogP contribution in [0.25, 0.3) is 0 Å². The van der Waals surface area contributed by atoms with Crippen LogP contribution in [0.15, 0.2) is 41.5 Å². The van der Waals surface area contributed by atoms with Gasteiger partial charge in [-0.1, -0.05) is 12.1 Å². The SMILES string of the molecule is C[C@]1(c2ccc(OC(F)F)cc2)NC(=O)N(/N=C\c2ccc(N3CCOCC3)s2)C1=O. The van der Waals surface area contributed by atoms with Gasteiger partial charge in [-0.2, -0.15) is 13.9 Å². The highest BCUT2D eigenvalue weighted by molar-refractivity contribution is 7.17. The fourth-order valence-corrected chi connectivity index (χ4v) is 4.30. The van der Waals surface area contributed by atoms with Crippen molar-refractivity contribution < 1.29 is 27.8 Å². The molecule has 3 heterocycles. The van der Waals surface area contributed by atoms with Crippen molar-refractivity contribution in [1.82, 2.24) is 10.3 Å². The zero-order valence-electron chi connectivity index (χ0n) is 16.6. The minimum atomic E-state index is -2.94. The first-order valence-electron chi connectivity index (χ1n) is 9.55. The fourth-order valence-electron chi connectivity index (χ4n) is 3.37. The molecule has 3 amide bonds. The second-order valence-corrected chi connectivity index (χ2v) is 8.19. The molecule has 2 aliphatic heterocycles. The van der Waals surface area contributed by atoms with Crippen molar-refractivity contribution in [1.29, 1.82) is 0 Å². The van der Waals surface area contributed by atoms with Gasteiger partial charge in [0.2, 0.25) is 0 Å². The molecular formula is C20H20F2N4O4S. The summed E-state index contributed by atoms with van der Waals surface area (Å²) in [5, 5.41) is 8.54. The zero-order chi connectivity index (χ0) is 22.0. The average Bonchev–Trinajstić information content (AvgIpc) is 3.31. The molecule has 0 bridgehead atoms. The Balaban J connectivity index is 1.47. The summed E-state index contributed by atoms with van der Waals surface area (Å²) in [4.78, 5) is 28.3. The van der Waals surface area contributed by atoms with Gasteiger partial charge >= 0.3 is 12.6 Å². The third-order valence-electron chi connectivity index (χ3n) is 5.06. The topological polar surface area (TPSA) is 83.5 Å². The minimum Gasteiger partial charge on any atom is -0.435 e. The molecule has 1 atom stereocenters. The van der Waals surface area contributed by atoms with Crippen LogP contribution in [0.2, 0.25) is 0 Å². The summed E-state index contributed by atoms with van der Waals surface area (Å²) in [7, 11) is 0. The molecule has 0 spiro atoms. The number of ether oxygens (including phenoxy) is 2. The van der Waals surface area contributed by atoms with Gasteiger partial charge in [-0.15, -0.1) is 16.3 Å². The zero-order valence-corrected chi connectivity index (χ0v) is 17.4. The van der Waals surface area contributed by atoms with E-state index in [2.05, 4.69) is 20.1 Å². The molecule has 1 aromatic heterocycles. The van der Waals surface area contributed by atoms with E-state index in [1.807, 2.05) is 12.1 Å². The van der Waals surface area contributed by atoms with Crippen molar-refractivity contribution in [2.24, 2.45) is 5.10 Å². The lowest BCUT2D eigenvalue weighted by Crippen LogP contribution is -2.40. The van der Waals surface area contributed by atoms with Crippen LogP contribution < -0.4 is 15.0 Å². The molecule has 8 nitrogen and oxygen atoms in total. The smallest absolute Gasteiger partial charge is 0.387 e. The molecule has 2 saturated heterocycles. The van der Waals surface area contributed by atoms with Gasteiger partial charge in [-0.3, -0.25) is 4.79 Å². The van der Waals surface area contributed by atoms with Crippen LogP contribution in [0.4, 0.5) is 18.6 Å². The number of alkyl halides is 2. The van der Waals surface area contributed by atoms with Crippen molar-refractivity contribution in [3.63, 3.8) is 0 Å². The lowest BCUT2D eigenvalue weighted by Gasteiger charge is -2.27. The van der Waals surface area contributed by atoms with Crippen molar-refractivity contribution >= 4 is 34.5 Å². The first-order chi connectivity index (χ1) is 14.9. The van der Waals surface area contributed by atoms with Gasteiger partial charge in [0.15, 0.2) is 0 Å². The number of morpholine rings is 1. The lowest BCUT2D eigenvalue weighted by molar-refractivity contribution is -0.131. The van der Waals surface area contributed by atoms with Gasteiger partial charge in [-0.25, -0.2) is 4.79 Å². The highest BCUT2D eigenvalue weighted by Crippen LogP contribution is 2.31. The van der Waals surface area contributed by atoms with Gasteiger partial charge < -0.3 is 19.7 Å². The number of carbonyl (C=O) groups is 2. The third kappa shape index (κ3) is 4.37. The fraction of sp³-hybridized carbons (Fsp3) is 0.350. The van der Waals surface area contributed by atoms with Crippen LogP contribution in [-0.4, -0.2) is 56.1 Å². The molecule has 2 aliphatic rings. The maximum atomic E-state index is 12.9. The maximum absolute atomic E-state index is 12.9. The quantitative estimate of drug-likeness (QED) is 0.541. The van der Waals surface area contributed by atoms with E-state index >= 15 is 0 Å². The first-order valence-corrected chi connectivity index (χ1v) is 10.4. The molecule has 0 unspecified atom stereocenters. The Morgan fingerprint density at radius 3 is 2.58 bits per heavy atom. The number of nitrogens with zero attached hydrogens (tertiary/aromatic N) is 3. The Labute approximate surface area is 181 Å². The number of hydrogen-bond donors (Lipinski definition) is 1. The molecule has 2 fully saturated rings. The number of thiophene rings is 1. The Bertz CT molecular complexity index is 991. The summed E-state index contributed by atoms with van der Waals surface area (Å²) in [6.07, 6.45) is 1.47. The van der Waals surface area contributed by atoms with Crippen molar-refractivity contribution in [3.8, 4) is 5.75 Å². The molecule has 31 heavy (non-hydrogen) atoms. The summed E-state index contributed by atoms with van der Waals surface area (Å²) in [5.41, 5.74) is -0.942. The Morgan fingerprint density at radius 2 is 1.90 bits per heavy atom. The van der Waals surface area contributed by atoms with Gasteiger partial charge in [0.1, 0.15) is 11.3 Å². The molecule has 0 saturated carbocycles. The number of imide groups is 1. The van der Waals surface area contributed by atoms with Crippen molar-refractivity contribution in [3.05, 3.63) is 46.8 Å². The second kappa shape index (κ2) is 8.60. The van der Waals surface area contributed by atoms with Gasteiger partial charge in [0.25, 0.3) is 5.91 Å². The van der Waals surface area contributed by atoms with Gasteiger partial charge in [-0.05, 0) is 36.8 Å². The van der Waals surface area contributed by atoms with Crippen LogP contribution in [0, 0.1) is 0 Å². The van der Waals surface area contributed by atoms with Crippen LogP contribution >= 0.6 is 11.3 Å². The van der Waals surface area contributed by atoms with E-state index in [4.69, 9.17) is 4.74 Å². The highest BCUT2D eigenvalue weighted by Gasteiger charge is 2.49. The summed E-state index contributed by atoms with van der Waals surface area (Å²) < 4.78 is 34.3. The van der Waals surface area contributed by atoms with Gasteiger partial charge in [0.05, 0.1) is 24.4 Å². The summed E-state index contributed by atoms with van der Waals surface area (Å²) >= 11 is 1.50. The minimum absolute atomic E-state index is 0.0391. The number of benzene rings is 1. The number of hydrazone groups is 1. The Hall–Kier alpha value is -3.05. The number of amides is 3. The highest BCUT2D eigenvalue weighted by atomic mass is 32.1. The second-order valence-electron chi connectivity index (χ2n) is 7.09. The molecule has 0 radical (unpaired) electrons. The van der Waals surface area contributed by atoms with Crippen LogP contribution in [0.5, 0.6) is 5.75 Å².